The van der Waals surface area contributed by atoms with Crippen molar-refractivity contribution in [2.75, 3.05) is 5.32 Å². The zero-order chi connectivity index (χ0) is 18.0. The summed E-state index contributed by atoms with van der Waals surface area (Å²) < 4.78 is 1.26. The van der Waals surface area contributed by atoms with Gasteiger partial charge in [0, 0.05) is 18.9 Å². The van der Waals surface area contributed by atoms with E-state index in [0.29, 0.717) is 27.5 Å². The summed E-state index contributed by atoms with van der Waals surface area (Å²) in [5.74, 6) is 0.251. The third-order valence-electron chi connectivity index (χ3n) is 3.66. The van der Waals surface area contributed by atoms with Gasteiger partial charge in [-0.1, -0.05) is 43.4 Å². The second-order valence-electron chi connectivity index (χ2n) is 6.24. The number of carbonyl (C=O) groups excluding carboxylic acids is 1. The molecule has 3 rings (SSSR count). The number of fused-ring (bicyclic) bond motifs is 1. The molecule has 0 fully saturated rings. The van der Waals surface area contributed by atoms with Crippen LogP contribution in [0.3, 0.4) is 0 Å². The van der Waals surface area contributed by atoms with E-state index in [0.717, 1.165) is 11.4 Å². The highest BCUT2D eigenvalue weighted by molar-refractivity contribution is 7.15. The van der Waals surface area contributed by atoms with Gasteiger partial charge in [0.25, 0.3) is 5.56 Å². The van der Waals surface area contributed by atoms with E-state index in [1.165, 1.54) is 16.0 Å². The van der Waals surface area contributed by atoms with Gasteiger partial charge in [-0.15, -0.1) is 10.2 Å². The molecule has 1 aromatic carbocycles. The van der Waals surface area contributed by atoms with Crippen LogP contribution < -0.4 is 10.9 Å². The van der Waals surface area contributed by atoms with Gasteiger partial charge >= 0.3 is 0 Å². The molecule has 0 aliphatic heterocycles. The Bertz CT molecular complexity index is 977. The van der Waals surface area contributed by atoms with Crippen molar-refractivity contribution in [3.63, 3.8) is 0 Å². The number of nitrogens with one attached hydrogen (secondary N) is 1. The molecule has 1 N–H and O–H groups in total. The normalized spacial score (nSPS) is 11.2. The van der Waals surface area contributed by atoms with E-state index < -0.39 is 0 Å². The molecule has 1 amide bonds. The Labute approximate surface area is 148 Å². The monoisotopic (exact) mass is 357 g/mol. The molecule has 0 saturated heterocycles. The van der Waals surface area contributed by atoms with Crippen LogP contribution in [-0.2, 0) is 24.7 Å². The number of anilines is 1. The predicted octanol–water partition coefficient (Wildman–Crippen LogP) is 2.16. The van der Waals surface area contributed by atoms with Crippen LogP contribution in [0.4, 0.5) is 5.13 Å². The van der Waals surface area contributed by atoms with E-state index in [-0.39, 0.29) is 17.9 Å². The average Bonchev–Trinajstić information content (AvgIpc) is 2.98. The third-order valence-corrected chi connectivity index (χ3v) is 4.52. The summed E-state index contributed by atoms with van der Waals surface area (Å²) in [6.07, 6.45) is 0.897. The van der Waals surface area contributed by atoms with Gasteiger partial charge in [-0.25, -0.2) is 4.68 Å². The molecule has 2 heterocycles. The van der Waals surface area contributed by atoms with Crippen LogP contribution in [0.25, 0.3) is 10.8 Å². The molecular weight excluding hydrogens is 338 g/mol. The lowest BCUT2D eigenvalue weighted by molar-refractivity contribution is -0.115. The van der Waals surface area contributed by atoms with Crippen LogP contribution in [0.5, 0.6) is 0 Å². The first kappa shape index (κ1) is 17.2. The maximum atomic E-state index is 12.4. The van der Waals surface area contributed by atoms with Gasteiger partial charge in [0.2, 0.25) is 11.0 Å². The van der Waals surface area contributed by atoms with E-state index >= 15 is 0 Å². The van der Waals surface area contributed by atoms with Crippen LogP contribution in [0.1, 0.15) is 24.5 Å². The molecule has 25 heavy (non-hydrogen) atoms. The fraction of sp³-hybridized carbons (Fsp3) is 0.353. The first-order chi connectivity index (χ1) is 11.9. The number of hydrogen-bond donors (Lipinski definition) is 1. The van der Waals surface area contributed by atoms with Crippen LogP contribution in [0.2, 0.25) is 0 Å². The van der Waals surface area contributed by atoms with Gasteiger partial charge in [0.1, 0.15) is 5.01 Å². The largest absolute Gasteiger partial charge is 0.300 e. The highest BCUT2D eigenvalue weighted by atomic mass is 32.1. The smallest absolute Gasteiger partial charge is 0.274 e. The second-order valence-corrected chi connectivity index (χ2v) is 7.31. The first-order valence-electron chi connectivity index (χ1n) is 8.01. The van der Waals surface area contributed by atoms with E-state index in [1.807, 2.05) is 6.07 Å². The summed E-state index contributed by atoms with van der Waals surface area (Å²) in [7, 11) is 1.58. The van der Waals surface area contributed by atoms with Crippen LogP contribution in [-0.4, -0.2) is 25.9 Å². The summed E-state index contributed by atoms with van der Waals surface area (Å²) in [6.45, 7) is 4.21. The zero-order valence-electron chi connectivity index (χ0n) is 14.3. The van der Waals surface area contributed by atoms with Crippen LogP contribution in [0.15, 0.2) is 29.1 Å². The summed E-state index contributed by atoms with van der Waals surface area (Å²) >= 11 is 1.38. The Morgan fingerprint density at radius 2 is 1.96 bits per heavy atom. The Balaban J connectivity index is 1.79. The maximum absolute atomic E-state index is 12.4. The lowest BCUT2D eigenvalue weighted by Crippen LogP contribution is -2.24. The Hall–Kier alpha value is -2.61. The van der Waals surface area contributed by atoms with Crippen molar-refractivity contribution >= 4 is 33.1 Å². The third kappa shape index (κ3) is 3.90. The van der Waals surface area contributed by atoms with E-state index in [1.54, 1.807) is 25.2 Å². The Morgan fingerprint density at radius 1 is 1.24 bits per heavy atom. The summed E-state index contributed by atoms with van der Waals surface area (Å²) in [5.41, 5.74) is 0.379. The summed E-state index contributed by atoms with van der Waals surface area (Å²) in [4.78, 5) is 24.5. The number of aryl methyl sites for hydroxylation is 1. The van der Waals surface area contributed by atoms with Crippen LogP contribution in [0, 0.1) is 5.92 Å². The van der Waals surface area contributed by atoms with Gasteiger partial charge in [0.05, 0.1) is 17.5 Å². The molecule has 0 saturated carbocycles. The highest BCUT2D eigenvalue weighted by Gasteiger charge is 2.14. The molecule has 2 aromatic heterocycles. The number of benzene rings is 1. The maximum Gasteiger partial charge on any atom is 0.274 e. The molecule has 0 atom stereocenters. The molecule has 0 spiro atoms. The van der Waals surface area contributed by atoms with E-state index in [2.05, 4.69) is 34.5 Å². The molecule has 130 valence electrons. The SMILES string of the molecule is CC(C)Cc1nnc(NC(=O)Cc2nn(C)c(=O)c3ccccc23)s1. The summed E-state index contributed by atoms with van der Waals surface area (Å²) in [6, 6.07) is 7.17. The minimum Gasteiger partial charge on any atom is -0.300 e. The number of rotatable bonds is 5. The van der Waals surface area contributed by atoms with Crippen molar-refractivity contribution in [2.45, 2.75) is 26.7 Å². The molecule has 0 bridgehead atoms. The van der Waals surface area contributed by atoms with Crippen molar-refractivity contribution in [3.05, 3.63) is 45.3 Å². The minimum absolute atomic E-state index is 0.0632. The van der Waals surface area contributed by atoms with Crippen molar-refractivity contribution in [1.29, 1.82) is 0 Å². The minimum atomic E-state index is -0.233. The topological polar surface area (TPSA) is 89.8 Å². The molecule has 0 aliphatic carbocycles. The molecule has 0 unspecified atom stereocenters. The molecule has 8 heteroatoms. The number of nitrogens with zero attached hydrogens (tertiary/aromatic N) is 4. The number of aromatic nitrogens is 4. The quantitative estimate of drug-likeness (QED) is 0.756. The fourth-order valence-corrected chi connectivity index (χ4v) is 3.53. The van der Waals surface area contributed by atoms with Gasteiger partial charge in [-0.2, -0.15) is 5.10 Å². The van der Waals surface area contributed by atoms with Gasteiger partial charge in [-0.05, 0) is 12.0 Å². The van der Waals surface area contributed by atoms with Gasteiger partial charge in [0.15, 0.2) is 0 Å². The zero-order valence-corrected chi connectivity index (χ0v) is 15.1. The standard InChI is InChI=1S/C17H19N5O2S/c1-10(2)8-15-19-20-17(25-15)18-14(23)9-13-11-6-4-5-7-12(11)16(24)22(3)21-13/h4-7,10H,8-9H2,1-3H3,(H,18,20,23). The number of hydrogen-bond acceptors (Lipinski definition) is 6. The first-order valence-corrected chi connectivity index (χ1v) is 8.83. The van der Waals surface area contributed by atoms with Crippen molar-refractivity contribution in [1.82, 2.24) is 20.0 Å². The number of amides is 1. The van der Waals surface area contributed by atoms with E-state index in [4.69, 9.17) is 0 Å². The van der Waals surface area contributed by atoms with E-state index in [9.17, 15) is 9.59 Å². The van der Waals surface area contributed by atoms with Gasteiger partial charge in [-0.3, -0.25) is 9.59 Å². The fourth-order valence-electron chi connectivity index (χ4n) is 2.56. The second kappa shape index (κ2) is 7.10. The lowest BCUT2D eigenvalue weighted by atomic mass is 10.1. The van der Waals surface area contributed by atoms with Crippen molar-refractivity contribution in [2.24, 2.45) is 13.0 Å². The molecular formula is C17H19N5O2S. The highest BCUT2D eigenvalue weighted by Crippen LogP contribution is 2.19. The Morgan fingerprint density at radius 3 is 2.68 bits per heavy atom. The molecule has 7 nitrogen and oxygen atoms in total. The lowest BCUT2D eigenvalue weighted by Gasteiger charge is -2.07. The molecule has 3 aromatic rings. The number of carbonyl (C=O) groups is 1. The van der Waals surface area contributed by atoms with Crippen molar-refractivity contribution in [3.8, 4) is 0 Å². The average molecular weight is 357 g/mol. The molecule has 0 aliphatic rings. The molecule has 0 radical (unpaired) electrons. The van der Waals surface area contributed by atoms with Gasteiger partial charge < -0.3 is 5.32 Å². The summed E-state index contributed by atoms with van der Waals surface area (Å²) in [5, 5.41) is 17.7. The van der Waals surface area contributed by atoms with Crippen molar-refractivity contribution < 1.29 is 4.79 Å². The van der Waals surface area contributed by atoms with Crippen LogP contribution >= 0.6 is 11.3 Å². The predicted molar refractivity (Wildman–Crippen MR) is 97.8 cm³/mol. The Kier molecular flexibility index (Phi) is 4.89.